The number of hydrogen-bond acceptors (Lipinski definition) is 3. The predicted molar refractivity (Wildman–Crippen MR) is 51.7 cm³/mol. The van der Waals surface area contributed by atoms with Gasteiger partial charge in [-0.3, -0.25) is 0 Å². The van der Waals surface area contributed by atoms with Gasteiger partial charge in [0, 0.05) is 11.3 Å². The number of nitrogens with zero attached hydrogens (tertiary/aromatic N) is 1. The average molecular weight is 236 g/mol. The molecule has 1 saturated carbocycles. The molecule has 84 valence electrons. The summed E-state index contributed by atoms with van der Waals surface area (Å²) < 4.78 is 37.8. The first-order chi connectivity index (χ1) is 6.82. The van der Waals surface area contributed by atoms with Crippen molar-refractivity contribution in [2.75, 3.05) is 0 Å². The van der Waals surface area contributed by atoms with E-state index >= 15 is 0 Å². The molecule has 0 radical (unpaired) electrons. The van der Waals surface area contributed by atoms with Gasteiger partial charge in [0.1, 0.15) is 0 Å². The van der Waals surface area contributed by atoms with Crippen LogP contribution in [0.1, 0.15) is 36.4 Å². The smallest absolute Gasteiger partial charge is 0.313 e. The van der Waals surface area contributed by atoms with Crippen LogP contribution in [0.2, 0.25) is 0 Å². The number of aromatic nitrogens is 1. The highest BCUT2D eigenvalue weighted by Crippen LogP contribution is 2.43. The largest absolute Gasteiger partial charge is 0.411 e. The van der Waals surface area contributed by atoms with Crippen LogP contribution >= 0.6 is 11.3 Å². The van der Waals surface area contributed by atoms with E-state index in [4.69, 9.17) is 5.73 Å². The summed E-state index contributed by atoms with van der Waals surface area (Å²) in [5.74, 6) is 0.368. The summed E-state index contributed by atoms with van der Waals surface area (Å²) in [4.78, 5) is 3.98. The minimum atomic E-state index is -4.46. The van der Waals surface area contributed by atoms with E-state index in [2.05, 4.69) is 4.98 Å². The zero-order valence-electron chi connectivity index (χ0n) is 8.14. The van der Waals surface area contributed by atoms with Crippen LogP contribution in [0.15, 0.2) is 5.38 Å². The number of hydrogen-bond donors (Lipinski definition) is 1. The van der Waals surface area contributed by atoms with Crippen molar-refractivity contribution in [3.63, 3.8) is 0 Å². The van der Waals surface area contributed by atoms with Gasteiger partial charge in [0.25, 0.3) is 0 Å². The SMILES string of the molecule is CC(N)(c1csc(C2CC2)n1)C(F)(F)F. The second-order valence-corrected chi connectivity index (χ2v) is 4.94. The van der Waals surface area contributed by atoms with Crippen LogP contribution < -0.4 is 5.73 Å². The highest BCUT2D eigenvalue weighted by molar-refractivity contribution is 7.09. The summed E-state index contributed by atoms with van der Waals surface area (Å²) >= 11 is 1.27. The second kappa shape index (κ2) is 3.18. The van der Waals surface area contributed by atoms with Crippen LogP contribution in [-0.4, -0.2) is 11.2 Å². The molecule has 1 aliphatic rings. The molecule has 2 N–H and O–H groups in total. The fourth-order valence-corrected chi connectivity index (χ4v) is 2.30. The van der Waals surface area contributed by atoms with Crippen LogP contribution in [0.5, 0.6) is 0 Å². The topological polar surface area (TPSA) is 38.9 Å². The number of nitrogens with two attached hydrogens (primary N) is 1. The predicted octanol–water partition coefficient (Wildman–Crippen LogP) is 2.76. The Labute approximate surface area is 89.3 Å². The molecule has 0 saturated heterocycles. The van der Waals surface area contributed by atoms with Crippen molar-refractivity contribution in [2.24, 2.45) is 5.73 Å². The van der Waals surface area contributed by atoms with Gasteiger partial charge in [-0.15, -0.1) is 11.3 Å². The van der Waals surface area contributed by atoms with E-state index in [0.717, 1.165) is 24.8 Å². The Balaban J connectivity index is 2.27. The van der Waals surface area contributed by atoms with Gasteiger partial charge < -0.3 is 5.73 Å². The maximum absolute atomic E-state index is 12.6. The zero-order chi connectivity index (χ0) is 11.3. The highest BCUT2D eigenvalue weighted by atomic mass is 32.1. The summed E-state index contributed by atoms with van der Waals surface area (Å²) in [6.45, 7) is 0.957. The van der Waals surface area contributed by atoms with E-state index in [1.165, 1.54) is 16.7 Å². The number of alkyl halides is 3. The molecule has 2 rings (SSSR count). The molecule has 1 fully saturated rings. The van der Waals surface area contributed by atoms with E-state index < -0.39 is 11.7 Å². The Kier molecular flexibility index (Phi) is 2.31. The van der Waals surface area contributed by atoms with Crippen molar-refractivity contribution in [1.82, 2.24) is 4.98 Å². The summed E-state index contributed by atoms with van der Waals surface area (Å²) in [6, 6.07) is 0. The normalized spacial score (nSPS) is 21.4. The number of halogens is 3. The van der Waals surface area contributed by atoms with Crippen LogP contribution in [0.4, 0.5) is 13.2 Å². The minimum Gasteiger partial charge on any atom is -0.313 e. The maximum Gasteiger partial charge on any atom is 0.411 e. The average Bonchev–Trinajstić information content (AvgIpc) is 2.81. The third-order valence-electron chi connectivity index (χ3n) is 2.57. The lowest BCUT2D eigenvalue weighted by Crippen LogP contribution is -2.47. The number of thiazole rings is 1. The van der Waals surface area contributed by atoms with Crippen LogP contribution in [0, 0.1) is 0 Å². The van der Waals surface area contributed by atoms with Crippen molar-refractivity contribution in [2.45, 2.75) is 37.4 Å². The van der Waals surface area contributed by atoms with Gasteiger partial charge in [0.2, 0.25) is 0 Å². The van der Waals surface area contributed by atoms with E-state index in [-0.39, 0.29) is 5.69 Å². The lowest BCUT2D eigenvalue weighted by atomic mass is 10.00. The third-order valence-corrected chi connectivity index (χ3v) is 3.58. The Bertz CT molecular complexity index is 366. The van der Waals surface area contributed by atoms with Gasteiger partial charge in [0.05, 0.1) is 10.7 Å². The Morgan fingerprint density at radius 1 is 1.47 bits per heavy atom. The van der Waals surface area contributed by atoms with Crippen LogP contribution in [-0.2, 0) is 5.54 Å². The van der Waals surface area contributed by atoms with E-state index in [0.29, 0.717) is 5.92 Å². The van der Waals surface area contributed by atoms with Gasteiger partial charge in [-0.25, -0.2) is 4.98 Å². The molecular weight excluding hydrogens is 225 g/mol. The second-order valence-electron chi connectivity index (χ2n) is 4.05. The van der Waals surface area contributed by atoms with Gasteiger partial charge in [-0.1, -0.05) is 0 Å². The zero-order valence-corrected chi connectivity index (χ0v) is 8.95. The molecular formula is C9H11F3N2S. The molecule has 0 spiro atoms. The summed E-state index contributed by atoms with van der Waals surface area (Å²) in [7, 11) is 0. The molecule has 1 aliphatic carbocycles. The van der Waals surface area contributed by atoms with Gasteiger partial charge >= 0.3 is 6.18 Å². The van der Waals surface area contributed by atoms with Crippen molar-refractivity contribution in [1.29, 1.82) is 0 Å². The lowest BCUT2D eigenvalue weighted by molar-refractivity contribution is -0.185. The summed E-state index contributed by atoms with van der Waals surface area (Å²) in [6.07, 6.45) is -2.40. The van der Waals surface area contributed by atoms with Crippen molar-refractivity contribution in [3.8, 4) is 0 Å². The minimum absolute atomic E-state index is 0.0677. The Hall–Kier alpha value is -0.620. The quantitative estimate of drug-likeness (QED) is 0.857. The van der Waals surface area contributed by atoms with Gasteiger partial charge in [-0.05, 0) is 19.8 Å². The standard InChI is InChI=1S/C9H11F3N2S/c1-8(13,9(10,11)12)6-4-15-7(14-6)5-2-3-5/h4-5H,2-3,13H2,1H3. The molecule has 1 unspecified atom stereocenters. The lowest BCUT2D eigenvalue weighted by Gasteiger charge is -2.25. The molecule has 1 aromatic heterocycles. The molecule has 1 aromatic rings. The Morgan fingerprint density at radius 3 is 2.53 bits per heavy atom. The maximum atomic E-state index is 12.6. The fourth-order valence-electron chi connectivity index (χ4n) is 1.19. The van der Waals surface area contributed by atoms with Crippen molar-refractivity contribution in [3.05, 3.63) is 16.1 Å². The highest BCUT2D eigenvalue weighted by Gasteiger charge is 2.51. The van der Waals surface area contributed by atoms with E-state index in [1.54, 1.807) is 0 Å². The summed E-state index contributed by atoms with van der Waals surface area (Å²) in [5.41, 5.74) is 2.86. The first-order valence-corrected chi connectivity index (χ1v) is 5.52. The van der Waals surface area contributed by atoms with Crippen molar-refractivity contribution >= 4 is 11.3 Å². The van der Waals surface area contributed by atoms with E-state index in [1.807, 2.05) is 0 Å². The molecule has 0 amide bonds. The van der Waals surface area contributed by atoms with Crippen LogP contribution in [0.3, 0.4) is 0 Å². The molecule has 0 bridgehead atoms. The molecule has 1 atom stereocenters. The first-order valence-electron chi connectivity index (χ1n) is 4.64. The molecule has 1 heterocycles. The molecule has 6 heteroatoms. The first kappa shape index (κ1) is 10.9. The molecule has 0 aliphatic heterocycles. The monoisotopic (exact) mass is 236 g/mol. The van der Waals surface area contributed by atoms with Crippen molar-refractivity contribution < 1.29 is 13.2 Å². The number of rotatable bonds is 2. The summed E-state index contributed by atoms with van der Waals surface area (Å²) in [5, 5.41) is 2.20. The molecule has 15 heavy (non-hydrogen) atoms. The molecule has 2 nitrogen and oxygen atoms in total. The van der Waals surface area contributed by atoms with Crippen LogP contribution in [0.25, 0.3) is 0 Å². The third kappa shape index (κ3) is 1.88. The fraction of sp³-hybridized carbons (Fsp3) is 0.667. The Morgan fingerprint density at radius 2 is 2.07 bits per heavy atom. The van der Waals surface area contributed by atoms with E-state index in [9.17, 15) is 13.2 Å². The molecule has 0 aromatic carbocycles. The van der Waals surface area contributed by atoms with Gasteiger partial charge in [0.15, 0.2) is 5.54 Å². The van der Waals surface area contributed by atoms with Gasteiger partial charge in [-0.2, -0.15) is 13.2 Å².